The normalized spacial score (nSPS) is 21.6. The van der Waals surface area contributed by atoms with Gasteiger partial charge in [0.2, 0.25) is 0 Å². The highest BCUT2D eigenvalue weighted by Crippen LogP contribution is 2.39. The molecule has 1 aliphatic heterocycles. The van der Waals surface area contributed by atoms with E-state index in [0.717, 1.165) is 31.4 Å². The SMILES string of the molecule is CC(C)N1CCC(c2ccc(/C(=C(/CCCO)C3=CC=CC[C@H]3C)c3cccc(O)c3)cc2)C1. The minimum Gasteiger partial charge on any atom is -0.508 e. The van der Waals surface area contributed by atoms with Crippen molar-refractivity contribution in [1.82, 2.24) is 4.90 Å². The third kappa shape index (κ3) is 5.54. The summed E-state index contributed by atoms with van der Waals surface area (Å²) in [6.45, 7) is 9.30. The maximum atomic E-state index is 10.3. The second-order valence-electron chi connectivity index (χ2n) is 10.1. The number of aromatic hydroxyl groups is 1. The fourth-order valence-corrected chi connectivity index (χ4v) is 5.44. The number of rotatable bonds is 8. The fraction of sp³-hybridized carbons (Fsp3) is 0.419. The van der Waals surface area contributed by atoms with Crippen molar-refractivity contribution in [2.24, 2.45) is 5.92 Å². The Morgan fingerprint density at radius 2 is 1.88 bits per heavy atom. The van der Waals surface area contributed by atoms with Crippen LogP contribution in [0.3, 0.4) is 0 Å². The number of likely N-dealkylation sites (tertiary alicyclic amines) is 1. The van der Waals surface area contributed by atoms with Crippen LogP contribution in [0.1, 0.15) is 69.1 Å². The van der Waals surface area contributed by atoms with Crippen LogP contribution in [0.25, 0.3) is 5.57 Å². The molecule has 3 heteroatoms. The molecule has 1 heterocycles. The van der Waals surface area contributed by atoms with Gasteiger partial charge in [0.1, 0.15) is 5.75 Å². The molecule has 0 spiro atoms. The quantitative estimate of drug-likeness (QED) is 0.464. The van der Waals surface area contributed by atoms with Crippen molar-refractivity contribution in [3.8, 4) is 5.75 Å². The molecule has 4 rings (SSSR count). The first-order valence-electron chi connectivity index (χ1n) is 12.8. The van der Waals surface area contributed by atoms with Gasteiger partial charge < -0.3 is 15.1 Å². The average molecular weight is 458 g/mol. The number of aliphatic hydroxyl groups excluding tert-OH is 1. The Hall–Kier alpha value is -2.62. The van der Waals surface area contributed by atoms with Crippen molar-refractivity contribution in [3.05, 3.63) is 94.6 Å². The van der Waals surface area contributed by atoms with Gasteiger partial charge in [-0.05, 0) is 103 Å². The number of hydrogen-bond donors (Lipinski definition) is 2. The Balaban J connectivity index is 1.78. The van der Waals surface area contributed by atoms with E-state index in [1.54, 1.807) is 6.07 Å². The summed E-state index contributed by atoms with van der Waals surface area (Å²) in [6, 6.07) is 17.3. The average Bonchev–Trinajstić information content (AvgIpc) is 3.33. The van der Waals surface area contributed by atoms with Crippen molar-refractivity contribution in [2.45, 2.75) is 58.4 Å². The molecule has 2 aliphatic rings. The summed E-state index contributed by atoms with van der Waals surface area (Å²) in [7, 11) is 0. The molecule has 180 valence electrons. The van der Waals surface area contributed by atoms with Crippen LogP contribution >= 0.6 is 0 Å². The Bertz CT molecular complexity index is 1060. The van der Waals surface area contributed by atoms with E-state index in [1.807, 2.05) is 12.1 Å². The molecule has 2 N–H and O–H groups in total. The highest BCUT2D eigenvalue weighted by Gasteiger charge is 2.26. The maximum Gasteiger partial charge on any atom is 0.116 e. The van der Waals surface area contributed by atoms with Gasteiger partial charge in [-0.15, -0.1) is 0 Å². The topological polar surface area (TPSA) is 43.7 Å². The smallest absolute Gasteiger partial charge is 0.116 e. The first kappa shape index (κ1) is 24.5. The van der Waals surface area contributed by atoms with Gasteiger partial charge in [0, 0.05) is 19.2 Å². The summed E-state index contributed by atoms with van der Waals surface area (Å²) < 4.78 is 0. The van der Waals surface area contributed by atoms with Gasteiger partial charge in [-0.3, -0.25) is 0 Å². The molecule has 1 aliphatic carbocycles. The third-order valence-corrected chi connectivity index (χ3v) is 7.42. The first-order chi connectivity index (χ1) is 16.5. The minimum atomic E-state index is 0.168. The number of hydrogen-bond acceptors (Lipinski definition) is 3. The van der Waals surface area contributed by atoms with E-state index in [-0.39, 0.29) is 12.4 Å². The molecule has 0 saturated carbocycles. The number of benzene rings is 2. The number of allylic oxidation sites excluding steroid dienone is 5. The van der Waals surface area contributed by atoms with E-state index in [2.05, 4.69) is 74.2 Å². The Morgan fingerprint density at radius 3 is 2.53 bits per heavy atom. The molecule has 0 aromatic heterocycles. The fourth-order valence-electron chi connectivity index (χ4n) is 5.44. The molecule has 1 saturated heterocycles. The van der Waals surface area contributed by atoms with E-state index >= 15 is 0 Å². The summed E-state index contributed by atoms with van der Waals surface area (Å²) in [5, 5.41) is 20.0. The lowest BCUT2D eigenvalue weighted by atomic mass is 9.80. The predicted molar refractivity (Wildman–Crippen MR) is 142 cm³/mol. The molecule has 2 aromatic rings. The summed E-state index contributed by atoms with van der Waals surface area (Å²) in [4.78, 5) is 2.56. The Morgan fingerprint density at radius 1 is 1.09 bits per heavy atom. The number of aliphatic hydroxyl groups is 1. The third-order valence-electron chi connectivity index (χ3n) is 7.42. The van der Waals surface area contributed by atoms with E-state index in [9.17, 15) is 10.2 Å². The van der Waals surface area contributed by atoms with Crippen LogP contribution in [0.15, 0.2) is 77.9 Å². The van der Waals surface area contributed by atoms with Crippen LogP contribution in [0.5, 0.6) is 5.75 Å². The van der Waals surface area contributed by atoms with Crippen LogP contribution in [0.2, 0.25) is 0 Å². The van der Waals surface area contributed by atoms with Gasteiger partial charge in [-0.2, -0.15) is 0 Å². The maximum absolute atomic E-state index is 10.3. The second-order valence-corrected chi connectivity index (χ2v) is 10.1. The lowest BCUT2D eigenvalue weighted by Gasteiger charge is -2.25. The summed E-state index contributed by atoms with van der Waals surface area (Å²) >= 11 is 0. The molecular formula is C31H39NO2. The zero-order chi connectivity index (χ0) is 24.1. The summed E-state index contributed by atoms with van der Waals surface area (Å²) in [5.41, 5.74) is 7.38. The summed E-state index contributed by atoms with van der Waals surface area (Å²) in [5.74, 6) is 1.29. The van der Waals surface area contributed by atoms with Gasteiger partial charge in [0.15, 0.2) is 0 Å². The lowest BCUT2D eigenvalue weighted by molar-refractivity contribution is 0.272. The molecule has 1 fully saturated rings. The van der Waals surface area contributed by atoms with Gasteiger partial charge >= 0.3 is 0 Å². The highest BCUT2D eigenvalue weighted by molar-refractivity contribution is 5.85. The van der Waals surface area contributed by atoms with E-state index < -0.39 is 0 Å². The Kier molecular flexibility index (Phi) is 8.07. The van der Waals surface area contributed by atoms with Crippen LogP contribution in [-0.2, 0) is 0 Å². The zero-order valence-corrected chi connectivity index (χ0v) is 20.9. The van der Waals surface area contributed by atoms with Gasteiger partial charge in [0.25, 0.3) is 0 Å². The van der Waals surface area contributed by atoms with Gasteiger partial charge in [0.05, 0.1) is 0 Å². The van der Waals surface area contributed by atoms with Crippen LogP contribution in [-0.4, -0.2) is 40.9 Å². The van der Waals surface area contributed by atoms with Crippen molar-refractivity contribution in [2.75, 3.05) is 19.7 Å². The molecule has 34 heavy (non-hydrogen) atoms. The second kappa shape index (κ2) is 11.2. The van der Waals surface area contributed by atoms with E-state index in [4.69, 9.17) is 0 Å². The molecule has 0 bridgehead atoms. The standard InChI is InChI=1S/C31H39NO2/c1-22(2)32-18-17-27(21-32)24-13-15-25(16-14-24)31(26-9-6-10-28(34)20-26)30(12-7-19-33)29-11-5-4-8-23(29)3/h4-6,9-11,13-16,20,22-23,27,33-34H,7-8,12,17-19,21H2,1-3H3/b31-30+/t23-,27?/m1/s1. The first-order valence-corrected chi connectivity index (χ1v) is 12.8. The predicted octanol–water partition coefficient (Wildman–Crippen LogP) is 6.69. The van der Waals surface area contributed by atoms with E-state index in [0.29, 0.717) is 17.9 Å². The highest BCUT2D eigenvalue weighted by atomic mass is 16.3. The molecule has 2 aromatic carbocycles. The van der Waals surface area contributed by atoms with Crippen molar-refractivity contribution in [1.29, 1.82) is 0 Å². The lowest BCUT2D eigenvalue weighted by Crippen LogP contribution is -2.27. The molecule has 1 unspecified atom stereocenters. The number of nitrogens with zero attached hydrogens (tertiary/aromatic N) is 1. The van der Waals surface area contributed by atoms with Crippen molar-refractivity contribution < 1.29 is 10.2 Å². The molecule has 2 atom stereocenters. The number of phenols is 1. The van der Waals surface area contributed by atoms with Crippen LogP contribution in [0, 0.1) is 5.92 Å². The molecule has 0 radical (unpaired) electrons. The van der Waals surface area contributed by atoms with Gasteiger partial charge in [-0.1, -0.05) is 61.5 Å². The van der Waals surface area contributed by atoms with E-state index in [1.165, 1.54) is 40.8 Å². The monoisotopic (exact) mass is 457 g/mol. The summed E-state index contributed by atoms with van der Waals surface area (Å²) in [6.07, 6.45) is 10.4. The number of phenolic OH excluding ortho intramolecular Hbond substituents is 1. The van der Waals surface area contributed by atoms with Crippen LogP contribution < -0.4 is 0 Å². The van der Waals surface area contributed by atoms with Gasteiger partial charge in [-0.25, -0.2) is 0 Å². The zero-order valence-electron chi connectivity index (χ0n) is 20.9. The minimum absolute atomic E-state index is 0.168. The molecule has 0 amide bonds. The molecule has 3 nitrogen and oxygen atoms in total. The Labute approximate surface area is 205 Å². The van der Waals surface area contributed by atoms with Crippen molar-refractivity contribution in [3.63, 3.8) is 0 Å². The molecular weight excluding hydrogens is 418 g/mol. The van der Waals surface area contributed by atoms with Crippen LogP contribution in [0.4, 0.5) is 0 Å². The van der Waals surface area contributed by atoms with Crippen molar-refractivity contribution >= 4 is 5.57 Å². The largest absolute Gasteiger partial charge is 0.508 e.